The highest BCUT2D eigenvalue weighted by Crippen LogP contribution is 2.39. The Hall–Kier alpha value is -4.47. The average molecular weight is 585 g/mol. The van der Waals surface area contributed by atoms with E-state index in [0.29, 0.717) is 12.8 Å². The first-order valence-corrected chi connectivity index (χ1v) is 14.7. The fourth-order valence-electron chi connectivity index (χ4n) is 5.29. The Morgan fingerprint density at radius 2 is 1.70 bits per heavy atom. The number of ether oxygens (including phenoxy) is 2. The topological polar surface area (TPSA) is 120 Å². The number of carbonyl (C=O) groups excluding carboxylic acids is 2. The summed E-state index contributed by atoms with van der Waals surface area (Å²) in [6.45, 7) is 14.4. The number of fused-ring (bicyclic) bond motifs is 2. The van der Waals surface area contributed by atoms with Crippen LogP contribution in [0, 0.1) is 0 Å². The van der Waals surface area contributed by atoms with Crippen LogP contribution < -0.4 is 15.4 Å². The zero-order valence-electron chi connectivity index (χ0n) is 25.9. The van der Waals surface area contributed by atoms with Crippen LogP contribution in [0.5, 0.6) is 5.75 Å². The molecule has 43 heavy (non-hydrogen) atoms. The summed E-state index contributed by atoms with van der Waals surface area (Å²) in [6, 6.07) is 14.7. The van der Waals surface area contributed by atoms with Crippen molar-refractivity contribution in [3.05, 3.63) is 82.9 Å². The number of carbonyl (C=O) groups is 2. The largest absolute Gasteiger partial charge is 0.484 e. The average Bonchev–Trinajstić information content (AvgIpc) is 3.38. The number of anilines is 1. The summed E-state index contributed by atoms with van der Waals surface area (Å²) >= 11 is 0. The van der Waals surface area contributed by atoms with E-state index in [1.807, 2.05) is 67.8 Å². The van der Waals surface area contributed by atoms with E-state index >= 15 is 0 Å². The molecule has 0 fully saturated rings. The maximum atomic E-state index is 13.2. The number of nitrogens with one attached hydrogen (secondary N) is 2. The van der Waals surface area contributed by atoms with Gasteiger partial charge in [0.05, 0.1) is 18.8 Å². The SMILES string of the molecule is CCOC(=O)c1cc(C(C)(C)C)cc(NC(=O)N[C@H]2CC[C@@H](Oc3ccc4nnc(C(C)(C)C)n4c3)c3ccccc32)n1. The van der Waals surface area contributed by atoms with Crippen molar-refractivity contribution in [2.24, 2.45) is 0 Å². The molecule has 10 nitrogen and oxygen atoms in total. The molecule has 0 bridgehead atoms. The van der Waals surface area contributed by atoms with Gasteiger partial charge in [0.1, 0.15) is 23.5 Å². The number of rotatable bonds is 6. The third-order valence-electron chi connectivity index (χ3n) is 7.48. The molecule has 0 unspecified atom stereocenters. The van der Waals surface area contributed by atoms with E-state index in [4.69, 9.17) is 9.47 Å². The maximum absolute atomic E-state index is 13.2. The van der Waals surface area contributed by atoms with Gasteiger partial charge in [-0.05, 0) is 66.1 Å². The van der Waals surface area contributed by atoms with E-state index in [2.05, 4.69) is 46.6 Å². The van der Waals surface area contributed by atoms with Crippen LogP contribution >= 0.6 is 0 Å². The Bertz CT molecular complexity index is 1650. The maximum Gasteiger partial charge on any atom is 0.357 e. The van der Waals surface area contributed by atoms with Crippen LogP contribution in [0.15, 0.2) is 54.7 Å². The van der Waals surface area contributed by atoms with Crippen molar-refractivity contribution >= 4 is 23.5 Å². The fourth-order valence-corrected chi connectivity index (χ4v) is 5.29. The molecule has 1 aromatic carbocycles. The van der Waals surface area contributed by atoms with Gasteiger partial charge in [0, 0.05) is 5.41 Å². The number of hydrogen-bond acceptors (Lipinski definition) is 7. The van der Waals surface area contributed by atoms with Gasteiger partial charge in [0.15, 0.2) is 11.3 Å². The highest BCUT2D eigenvalue weighted by atomic mass is 16.5. The molecular weight excluding hydrogens is 544 g/mol. The van der Waals surface area contributed by atoms with Gasteiger partial charge in [-0.1, -0.05) is 65.8 Å². The smallest absolute Gasteiger partial charge is 0.357 e. The highest BCUT2D eigenvalue weighted by Gasteiger charge is 2.30. The Labute approximate surface area is 252 Å². The van der Waals surface area contributed by atoms with Crippen LogP contribution in [0.25, 0.3) is 5.65 Å². The number of pyridine rings is 2. The predicted molar refractivity (Wildman–Crippen MR) is 165 cm³/mol. The van der Waals surface area contributed by atoms with Crippen LogP contribution in [0.2, 0.25) is 0 Å². The third kappa shape index (κ3) is 6.63. The van der Waals surface area contributed by atoms with Crippen LogP contribution in [-0.4, -0.2) is 38.2 Å². The number of urea groups is 1. The summed E-state index contributed by atoms with van der Waals surface area (Å²) in [6.07, 6.45) is 3.15. The monoisotopic (exact) mass is 584 g/mol. The molecule has 1 aliphatic rings. The lowest BCUT2D eigenvalue weighted by molar-refractivity contribution is 0.0519. The summed E-state index contributed by atoms with van der Waals surface area (Å²) < 4.78 is 13.7. The molecule has 2 amide bonds. The van der Waals surface area contributed by atoms with Crippen molar-refractivity contribution in [2.75, 3.05) is 11.9 Å². The van der Waals surface area contributed by atoms with Crippen LogP contribution in [-0.2, 0) is 15.6 Å². The van der Waals surface area contributed by atoms with Gasteiger partial charge in [0.2, 0.25) is 0 Å². The molecule has 1 aliphatic carbocycles. The van der Waals surface area contributed by atoms with Crippen LogP contribution in [0.4, 0.5) is 10.6 Å². The van der Waals surface area contributed by atoms with Gasteiger partial charge in [0.25, 0.3) is 0 Å². The summed E-state index contributed by atoms with van der Waals surface area (Å²) in [5.74, 6) is 1.35. The van der Waals surface area contributed by atoms with Crippen LogP contribution in [0.1, 0.15) is 106 Å². The van der Waals surface area contributed by atoms with Gasteiger partial charge >= 0.3 is 12.0 Å². The van der Waals surface area contributed by atoms with Gasteiger partial charge < -0.3 is 14.8 Å². The third-order valence-corrected chi connectivity index (χ3v) is 7.48. The summed E-state index contributed by atoms with van der Waals surface area (Å²) in [5.41, 5.74) is 3.39. The molecule has 226 valence electrons. The first-order valence-electron chi connectivity index (χ1n) is 14.7. The van der Waals surface area contributed by atoms with Gasteiger partial charge in [-0.3, -0.25) is 9.72 Å². The second-order valence-electron chi connectivity index (χ2n) is 12.9. The minimum atomic E-state index is -0.526. The molecular formula is C33H40N6O4. The molecule has 0 aliphatic heterocycles. The quantitative estimate of drug-likeness (QED) is 0.243. The number of esters is 1. The van der Waals surface area contributed by atoms with E-state index in [1.54, 1.807) is 19.1 Å². The van der Waals surface area contributed by atoms with Gasteiger partial charge in [-0.25, -0.2) is 14.6 Å². The lowest BCUT2D eigenvalue weighted by atomic mass is 9.85. The second kappa shape index (κ2) is 11.7. The van der Waals surface area contributed by atoms with Crippen molar-refractivity contribution in [2.45, 2.75) is 84.3 Å². The molecule has 3 heterocycles. The van der Waals surface area contributed by atoms with Crippen LogP contribution in [0.3, 0.4) is 0 Å². The number of aromatic nitrogens is 4. The van der Waals surface area contributed by atoms with Gasteiger partial charge in [-0.15, -0.1) is 10.2 Å². The van der Waals surface area contributed by atoms with E-state index in [-0.39, 0.29) is 41.1 Å². The van der Waals surface area contributed by atoms with E-state index in [0.717, 1.165) is 33.9 Å². The van der Waals surface area contributed by atoms with Crippen molar-refractivity contribution in [1.82, 2.24) is 24.9 Å². The molecule has 10 heteroatoms. The fraction of sp³-hybridized carbons (Fsp3) is 0.424. The van der Waals surface area contributed by atoms with Crippen molar-refractivity contribution in [1.29, 1.82) is 0 Å². The Balaban J connectivity index is 1.33. The summed E-state index contributed by atoms with van der Waals surface area (Å²) in [4.78, 5) is 30.0. The zero-order chi connectivity index (χ0) is 30.9. The number of hydrogen-bond donors (Lipinski definition) is 2. The molecule has 0 saturated heterocycles. The number of nitrogens with zero attached hydrogens (tertiary/aromatic N) is 4. The van der Waals surface area contributed by atoms with E-state index < -0.39 is 12.0 Å². The lowest BCUT2D eigenvalue weighted by Gasteiger charge is -2.32. The molecule has 0 radical (unpaired) electrons. The number of amides is 2. The Morgan fingerprint density at radius 3 is 2.40 bits per heavy atom. The van der Waals surface area contributed by atoms with Crippen molar-refractivity contribution in [3.8, 4) is 5.75 Å². The van der Waals surface area contributed by atoms with Crippen molar-refractivity contribution < 1.29 is 19.1 Å². The highest BCUT2D eigenvalue weighted by molar-refractivity contribution is 5.91. The Kier molecular flexibility index (Phi) is 8.14. The normalized spacial score (nSPS) is 16.8. The van der Waals surface area contributed by atoms with Crippen molar-refractivity contribution in [3.63, 3.8) is 0 Å². The standard InChI is InChI=1S/C33H40N6O4/c1-8-42-29(40)25-17-20(32(2,3)4)18-27(34-25)36-31(41)35-24-14-15-26(23-12-10-9-11-22(23)24)43-21-13-16-28-37-38-30(33(5,6)7)39(28)19-21/h9-13,16-19,24,26H,8,14-15H2,1-7H3,(H2,34,35,36,41)/t24-,26+/m0/s1. The Morgan fingerprint density at radius 1 is 0.953 bits per heavy atom. The molecule has 0 saturated carbocycles. The number of benzene rings is 1. The molecule has 0 spiro atoms. The molecule has 3 aromatic heterocycles. The second-order valence-corrected chi connectivity index (χ2v) is 12.9. The van der Waals surface area contributed by atoms with Gasteiger partial charge in [-0.2, -0.15) is 0 Å². The zero-order valence-corrected chi connectivity index (χ0v) is 25.9. The summed E-state index contributed by atoms with van der Waals surface area (Å²) in [5, 5.41) is 14.6. The molecule has 2 N–H and O–H groups in total. The minimum absolute atomic E-state index is 0.159. The van der Waals surface area contributed by atoms with E-state index in [9.17, 15) is 9.59 Å². The lowest BCUT2D eigenvalue weighted by Crippen LogP contribution is -2.36. The molecule has 4 aromatic rings. The van der Waals surface area contributed by atoms with E-state index in [1.165, 1.54) is 0 Å². The molecule has 2 atom stereocenters. The summed E-state index contributed by atoms with van der Waals surface area (Å²) in [7, 11) is 0. The predicted octanol–water partition coefficient (Wildman–Crippen LogP) is 6.67. The molecule has 5 rings (SSSR count). The first-order chi connectivity index (χ1) is 20.3. The first kappa shape index (κ1) is 30.0. The minimum Gasteiger partial charge on any atom is -0.484 e.